The van der Waals surface area contributed by atoms with Crippen LogP contribution in [0.5, 0.6) is 5.75 Å². The first-order chi connectivity index (χ1) is 6.15. The minimum atomic E-state index is -2.95. The number of rotatable bonds is 2. The van der Waals surface area contributed by atoms with Crippen LogP contribution in [0.25, 0.3) is 0 Å². The Hall–Kier alpha value is -1.34. The van der Waals surface area contributed by atoms with Crippen molar-refractivity contribution in [2.75, 3.05) is 0 Å². The molecule has 0 N–H and O–H groups in total. The first kappa shape index (κ1) is 9.75. The van der Waals surface area contributed by atoms with Crippen molar-refractivity contribution in [1.82, 2.24) is 0 Å². The second-order valence-electron chi connectivity index (χ2n) is 2.10. The highest BCUT2D eigenvalue weighted by Gasteiger charge is 2.11. The molecule has 0 aliphatic heterocycles. The Morgan fingerprint density at radius 1 is 1.46 bits per heavy atom. The summed E-state index contributed by atoms with van der Waals surface area (Å²) in [4.78, 5) is 0. The molecular weight excluding hydrogens is 200 g/mol. The minimum Gasteiger partial charge on any atom is -0.433 e. The van der Waals surface area contributed by atoms with Gasteiger partial charge in [0.2, 0.25) is 0 Å². The summed E-state index contributed by atoms with van der Waals surface area (Å²) in [6, 6.07) is 5.80. The molecular formula is C8H4ClF2NO. The highest BCUT2D eigenvalue weighted by molar-refractivity contribution is 6.31. The van der Waals surface area contributed by atoms with Gasteiger partial charge in [-0.25, -0.2) is 0 Å². The molecule has 5 heteroatoms. The molecule has 0 spiro atoms. The van der Waals surface area contributed by atoms with Crippen LogP contribution < -0.4 is 4.74 Å². The number of hydrogen-bond donors (Lipinski definition) is 0. The summed E-state index contributed by atoms with van der Waals surface area (Å²) in [6.45, 7) is -2.95. The molecule has 0 radical (unpaired) electrons. The molecule has 0 heterocycles. The standard InChI is InChI=1S/C8H4ClF2NO/c9-6-2-1-3-7(5(6)4-12)13-8(10)11/h1-3,8H. The molecule has 0 aromatic heterocycles. The van der Waals surface area contributed by atoms with Gasteiger partial charge in [0.1, 0.15) is 17.4 Å². The highest BCUT2D eigenvalue weighted by Crippen LogP contribution is 2.26. The minimum absolute atomic E-state index is 0.0792. The third-order valence-electron chi connectivity index (χ3n) is 1.30. The van der Waals surface area contributed by atoms with E-state index in [0.29, 0.717) is 0 Å². The molecule has 0 saturated carbocycles. The Bertz CT molecular complexity index is 348. The average Bonchev–Trinajstić information content (AvgIpc) is 2.03. The van der Waals surface area contributed by atoms with Crippen LogP contribution in [-0.4, -0.2) is 6.61 Å². The largest absolute Gasteiger partial charge is 0.433 e. The van der Waals surface area contributed by atoms with Crippen molar-refractivity contribution in [3.05, 3.63) is 28.8 Å². The Labute approximate surface area is 78.3 Å². The monoisotopic (exact) mass is 203 g/mol. The Kier molecular flexibility index (Phi) is 3.04. The van der Waals surface area contributed by atoms with Crippen molar-refractivity contribution in [2.45, 2.75) is 6.61 Å². The summed E-state index contributed by atoms with van der Waals surface area (Å²) in [7, 11) is 0. The zero-order valence-electron chi connectivity index (χ0n) is 6.30. The summed E-state index contributed by atoms with van der Waals surface area (Å²) in [5.74, 6) is -0.204. The lowest BCUT2D eigenvalue weighted by molar-refractivity contribution is -0.0500. The number of ether oxygens (including phenoxy) is 1. The highest BCUT2D eigenvalue weighted by atomic mass is 35.5. The fourth-order valence-corrected chi connectivity index (χ4v) is 1.02. The zero-order chi connectivity index (χ0) is 9.84. The lowest BCUT2D eigenvalue weighted by Gasteiger charge is -2.06. The fourth-order valence-electron chi connectivity index (χ4n) is 0.807. The summed E-state index contributed by atoms with van der Waals surface area (Å²) in [5.41, 5.74) is -0.0792. The van der Waals surface area contributed by atoms with Gasteiger partial charge < -0.3 is 4.74 Å². The van der Waals surface area contributed by atoms with E-state index in [9.17, 15) is 8.78 Å². The first-order valence-electron chi connectivity index (χ1n) is 3.28. The average molecular weight is 204 g/mol. The zero-order valence-corrected chi connectivity index (χ0v) is 7.05. The molecule has 0 atom stereocenters. The molecule has 0 aliphatic carbocycles. The van der Waals surface area contributed by atoms with Gasteiger partial charge in [-0.05, 0) is 12.1 Å². The van der Waals surface area contributed by atoms with Gasteiger partial charge in [0.05, 0.1) is 5.02 Å². The van der Waals surface area contributed by atoms with Gasteiger partial charge in [-0.1, -0.05) is 17.7 Å². The van der Waals surface area contributed by atoms with Gasteiger partial charge in [0.15, 0.2) is 0 Å². The van der Waals surface area contributed by atoms with Crippen molar-refractivity contribution in [3.63, 3.8) is 0 Å². The van der Waals surface area contributed by atoms with Gasteiger partial charge in [-0.3, -0.25) is 0 Å². The van der Waals surface area contributed by atoms with Gasteiger partial charge in [0, 0.05) is 0 Å². The maximum absolute atomic E-state index is 11.8. The Morgan fingerprint density at radius 3 is 2.69 bits per heavy atom. The maximum atomic E-state index is 11.8. The van der Waals surface area contributed by atoms with Crippen LogP contribution in [0.3, 0.4) is 0 Å². The first-order valence-corrected chi connectivity index (χ1v) is 3.66. The van der Waals surface area contributed by atoms with Crippen LogP contribution in [0.2, 0.25) is 5.02 Å². The molecule has 0 fully saturated rings. The van der Waals surface area contributed by atoms with Crippen LogP contribution in [-0.2, 0) is 0 Å². The summed E-state index contributed by atoms with van der Waals surface area (Å²) >= 11 is 5.57. The molecule has 0 bridgehead atoms. The summed E-state index contributed by atoms with van der Waals surface area (Å²) < 4.78 is 27.7. The van der Waals surface area contributed by atoms with E-state index < -0.39 is 6.61 Å². The lowest BCUT2D eigenvalue weighted by atomic mass is 10.2. The van der Waals surface area contributed by atoms with E-state index in [4.69, 9.17) is 16.9 Å². The van der Waals surface area contributed by atoms with E-state index >= 15 is 0 Å². The van der Waals surface area contributed by atoms with Gasteiger partial charge in [-0.15, -0.1) is 0 Å². The molecule has 0 unspecified atom stereocenters. The van der Waals surface area contributed by atoms with Crippen molar-refractivity contribution in [2.24, 2.45) is 0 Å². The number of hydrogen-bond acceptors (Lipinski definition) is 2. The quantitative estimate of drug-likeness (QED) is 0.741. The van der Waals surface area contributed by atoms with Crippen LogP contribution in [0.4, 0.5) is 8.78 Å². The number of halogens is 3. The molecule has 2 nitrogen and oxygen atoms in total. The van der Waals surface area contributed by atoms with Crippen LogP contribution in [0, 0.1) is 11.3 Å². The van der Waals surface area contributed by atoms with E-state index in [-0.39, 0.29) is 16.3 Å². The van der Waals surface area contributed by atoms with Crippen molar-refractivity contribution >= 4 is 11.6 Å². The van der Waals surface area contributed by atoms with E-state index in [1.165, 1.54) is 18.2 Å². The van der Waals surface area contributed by atoms with E-state index in [0.717, 1.165) is 0 Å². The van der Waals surface area contributed by atoms with Crippen molar-refractivity contribution < 1.29 is 13.5 Å². The maximum Gasteiger partial charge on any atom is 0.387 e. The van der Waals surface area contributed by atoms with Crippen LogP contribution in [0.15, 0.2) is 18.2 Å². The molecule has 0 aliphatic rings. The summed E-state index contributed by atoms with van der Waals surface area (Å²) in [6.07, 6.45) is 0. The van der Waals surface area contributed by atoms with Gasteiger partial charge in [-0.2, -0.15) is 14.0 Å². The molecule has 0 saturated heterocycles. The van der Waals surface area contributed by atoms with E-state index in [1.807, 2.05) is 0 Å². The smallest absolute Gasteiger partial charge is 0.387 e. The van der Waals surface area contributed by atoms with Crippen molar-refractivity contribution in [3.8, 4) is 11.8 Å². The number of nitriles is 1. The topological polar surface area (TPSA) is 33.0 Å². The second kappa shape index (κ2) is 4.06. The Morgan fingerprint density at radius 2 is 2.15 bits per heavy atom. The predicted octanol–water partition coefficient (Wildman–Crippen LogP) is 2.81. The molecule has 1 aromatic carbocycles. The van der Waals surface area contributed by atoms with Gasteiger partial charge >= 0.3 is 6.61 Å². The number of benzene rings is 1. The predicted molar refractivity (Wildman–Crippen MR) is 42.8 cm³/mol. The number of nitrogens with zero attached hydrogens (tertiary/aromatic N) is 1. The lowest BCUT2D eigenvalue weighted by Crippen LogP contribution is -2.03. The normalized spacial score (nSPS) is 9.77. The third kappa shape index (κ3) is 2.30. The van der Waals surface area contributed by atoms with E-state index in [1.54, 1.807) is 6.07 Å². The molecule has 1 rings (SSSR count). The SMILES string of the molecule is N#Cc1c(Cl)cccc1OC(F)F. The summed E-state index contributed by atoms with van der Waals surface area (Å²) in [5, 5.41) is 8.65. The van der Waals surface area contributed by atoms with E-state index in [2.05, 4.69) is 4.74 Å². The molecule has 68 valence electrons. The Balaban J connectivity index is 3.07. The van der Waals surface area contributed by atoms with Crippen LogP contribution >= 0.6 is 11.6 Å². The third-order valence-corrected chi connectivity index (χ3v) is 1.62. The number of alkyl halides is 2. The second-order valence-corrected chi connectivity index (χ2v) is 2.51. The van der Waals surface area contributed by atoms with Crippen LogP contribution in [0.1, 0.15) is 5.56 Å². The van der Waals surface area contributed by atoms with Crippen molar-refractivity contribution in [1.29, 1.82) is 5.26 Å². The fraction of sp³-hybridized carbons (Fsp3) is 0.125. The van der Waals surface area contributed by atoms with Gasteiger partial charge in [0.25, 0.3) is 0 Å². The molecule has 0 amide bonds. The molecule has 1 aromatic rings. The molecule has 13 heavy (non-hydrogen) atoms.